The Hall–Kier alpha value is -3.18. The Kier molecular flexibility index (Phi) is 9.31. The number of nitrogens with zero attached hydrogens (tertiary/aromatic N) is 2. The second-order valence-electron chi connectivity index (χ2n) is 14.2. The lowest BCUT2D eigenvalue weighted by Crippen LogP contribution is -2.54. The predicted molar refractivity (Wildman–Crippen MR) is 185 cm³/mol. The molecule has 0 radical (unpaired) electrons. The van der Waals surface area contributed by atoms with Crippen molar-refractivity contribution in [1.29, 1.82) is 0 Å². The van der Waals surface area contributed by atoms with Crippen LogP contribution >= 0.6 is 0 Å². The van der Waals surface area contributed by atoms with Gasteiger partial charge in [0, 0.05) is 40.9 Å². The van der Waals surface area contributed by atoms with Gasteiger partial charge in [-0.25, -0.2) is 0 Å². The highest BCUT2D eigenvalue weighted by atomic mass is 28.3. The lowest BCUT2D eigenvalue weighted by atomic mass is 9.72. The molecule has 0 saturated heterocycles. The van der Waals surface area contributed by atoms with Gasteiger partial charge in [0.25, 0.3) is 0 Å². The number of aliphatic hydroxyl groups excluding tert-OH is 1. The van der Waals surface area contributed by atoms with Crippen molar-refractivity contribution in [3.05, 3.63) is 97.2 Å². The van der Waals surface area contributed by atoms with Crippen LogP contribution in [0.2, 0.25) is 19.6 Å². The van der Waals surface area contributed by atoms with Gasteiger partial charge >= 0.3 is 0 Å². The highest BCUT2D eigenvalue weighted by molar-refractivity contribution is 6.89. The first-order valence-electron chi connectivity index (χ1n) is 16.4. The molecule has 0 bridgehead atoms. The van der Waals surface area contributed by atoms with Crippen LogP contribution in [0, 0.1) is 11.3 Å². The molecule has 2 aliphatic heterocycles. The summed E-state index contributed by atoms with van der Waals surface area (Å²) in [5, 5.41) is 14.7. The third kappa shape index (κ3) is 6.67. The molecule has 228 valence electrons. The number of aliphatic imine (C=N–C) groups is 1. The van der Waals surface area contributed by atoms with Crippen LogP contribution in [0.3, 0.4) is 0 Å². The maximum atomic E-state index is 10.0. The summed E-state index contributed by atoms with van der Waals surface area (Å²) in [5.74, 6) is 1.04. The molecule has 3 aliphatic rings. The molecule has 1 aromatic carbocycles. The summed E-state index contributed by atoms with van der Waals surface area (Å²) in [6, 6.07) is 11.6. The van der Waals surface area contributed by atoms with Crippen LogP contribution in [-0.4, -0.2) is 25.4 Å². The molecular weight excluding hydrogens is 543 g/mol. The number of aromatic nitrogens is 1. The summed E-state index contributed by atoms with van der Waals surface area (Å²) in [4.78, 5) is 5.25. The fourth-order valence-corrected chi connectivity index (χ4v) is 9.51. The molecule has 5 rings (SSSR count). The zero-order valence-corrected chi connectivity index (χ0v) is 28.0. The Labute approximate surface area is 261 Å². The molecule has 1 fully saturated rings. The summed E-state index contributed by atoms with van der Waals surface area (Å²) in [6.45, 7) is 22.8. The number of aliphatic hydroxyl groups is 1. The molecule has 1 aromatic heterocycles. The second kappa shape index (κ2) is 12.8. The number of hydrogen-bond acceptors (Lipinski definition) is 3. The van der Waals surface area contributed by atoms with E-state index in [0.717, 1.165) is 43.0 Å². The Balaban J connectivity index is 1.68. The molecule has 3 atom stereocenters. The van der Waals surface area contributed by atoms with Gasteiger partial charge in [-0.05, 0) is 61.4 Å². The Morgan fingerprint density at radius 1 is 1.19 bits per heavy atom. The van der Waals surface area contributed by atoms with Crippen LogP contribution in [0.1, 0.15) is 81.4 Å². The van der Waals surface area contributed by atoms with Crippen molar-refractivity contribution in [3.63, 3.8) is 0 Å². The van der Waals surface area contributed by atoms with E-state index in [-0.39, 0.29) is 23.3 Å². The van der Waals surface area contributed by atoms with Gasteiger partial charge in [-0.15, -0.1) is 0 Å². The van der Waals surface area contributed by atoms with Gasteiger partial charge in [-0.3, -0.25) is 4.99 Å². The molecule has 3 unspecified atom stereocenters. The van der Waals surface area contributed by atoms with E-state index in [9.17, 15) is 5.11 Å². The van der Waals surface area contributed by atoms with E-state index < -0.39 is 8.07 Å². The molecule has 5 heteroatoms. The fraction of sp³-hybridized carbons (Fsp3) is 0.474. The summed E-state index contributed by atoms with van der Waals surface area (Å²) in [5.41, 5.74) is 7.22. The zero-order valence-electron chi connectivity index (χ0n) is 27.0. The maximum absolute atomic E-state index is 10.0. The molecule has 2 aromatic rings. The Bertz CT molecular complexity index is 1440. The molecule has 3 heterocycles. The first-order valence-corrected chi connectivity index (χ1v) is 19.9. The molecule has 4 nitrogen and oxygen atoms in total. The second-order valence-corrected chi connectivity index (χ2v) is 19.3. The van der Waals surface area contributed by atoms with Crippen molar-refractivity contribution in [1.82, 2.24) is 5.32 Å². The summed E-state index contributed by atoms with van der Waals surface area (Å²) in [7, 11) is -1.64. The van der Waals surface area contributed by atoms with Gasteiger partial charge in [0.1, 0.15) is 5.70 Å². The first-order chi connectivity index (χ1) is 20.5. The average molecular weight is 595 g/mol. The SMILES string of the molecule is C=C/C1=N/C(=C)C2C(CCC(C=CCC)(CNC(=C)O)C1)c1ccccc1-c1cc(CC3CCCC3)c([Si](C)(C)C)c[n+]12. The average Bonchev–Trinajstić information content (AvgIpc) is 3.50. The van der Waals surface area contributed by atoms with Crippen LogP contribution in [0.5, 0.6) is 0 Å². The molecule has 0 spiro atoms. The summed E-state index contributed by atoms with van der Waals surface area (Å²) >= 11 is 0. The smallest absolute Gasteiger partial charge is 0.213 e. The first kappa shape index (κ1) is 31.2. The van der Waals surface area contributed by atoms with E-state index in [1.54, 1.807) is 10.8 Å². The number of nitrogens with one attached hydrogen (secondary N) is 1. The monoisotopic (exact) mass is 594 g/mol. The lowest BCUT2D eigenvalue weighted by molar-refractivity contribution is -0.708. The summed E-state index contributed by atoms with van der Waals surface area (Å²) < 4.78 is 2.55. The molecular formula is C38H52N3OSi+. The van der Waals surface area contributed by atoms with Crippen molar-refractivity contribution in [2.75, 3.05) is 6.54 Å². The van der Waals surface area contributed by atoms with Crippen molar-refractivity contribution in [3.8, 4) is 11.3 Å². The minimum Gasteiger partial charge on any atom is -0.495 e. The number of fused-ring (bicyclic) bond motifs is 6. The maximum Gasteiger partial charge on any atom is 0.213 e. The number of benzene rings is 1. The fourth-order valence-electron chi connectivity index (χ4n) is 7.85. The van der Waals surface area contributed by atoms with Gasteiger partial charge in [0.2, 0.25) is 11.7 Å². The zero-order chi connectivity index (χ0) is 30.8. The van der Waals surface area contributed by atoms with E-state index in [0.29, 0.717) is 6.54 Å². The number of rotatable bonds is 9. The van der Waals surface area contributed by atoms with Gasteiger partial charge in [0.15, 0.2) is 12.1 Å². The topological polar surface area (TPSA) is 48.5 Å². The Morgan fingerprint density at radius 2 is 1.93 bits per heavy atom. The Morgan fingerprint density at radius 3 is 2.60 bits per heavy atom. The van der Waals surface area contributed by atoms with Crippen molar-refractivity contribution in [2.24, 2.45) is 16.3 Å². The molecule has 1 aliphatic carbocycles. The summed E-state index contributed by atoms with van der Waals surface area (Å²) in [6.07, 6.45) is 19.3. The molecule has 43 heavy (non-hydrogen) atoms. The van der Waals surface area contributed by atoms with Crippen molar-refractivity contribution >= 4 is 19.0 Å². The minimum absolute atomic E-state index is 0.00306. The van der Waals surface area contributed by atoms with E-state index in [1.807, 2.05) is 6.08 Å². The predicted octanol–water partition coefficient (Wildman–Crippen LogP) is 8.45. The van der Waals surface area contributed by atoms with Crippen LogP contribution < -0.4 is 15.1 Å². The standard InChI is InChI=1S/C38H51N3OSi/c1-8-10-20-38(26-39-28(4)42)21-19-34-32-17-13-14-18-33(32)35-23-30(22-29-15-11-12-16-29)36(43(5,6)7)25-41(35)37(34)27(3)40-31(9-2)24-38/h9-10,13-14,17-18,20,23,25,29,34,37,39H,2-4,8,11-12,15-16,19,21-22,24,26H2,1,5-7H3/p+1/b20-10?,40-31-. The van der Waals surface area contributed by atoms with Crippen LogP contribution in [0.15, 0.2) is 91.1 Å². The number of allylic oxidation sites excluding steroid dienone is 3. The number of pyridine rings is 1. The van der Waals surface area contributed by atoms with Gasteiger partial charge in [0.05, 0.1) is 14.0 Å². The van der Waals surface area contributed by atoms with Crippen LogP contribution in [0.25, 0.3) is 11.3 Å². The van der Waals surface area contributed by atoms with Gasteiger partial charge < -0.3 is 10.4 Å². The minimum atomic E-state index is -1.64. The van der Waals surface area contributed by atoms with E-state index in [1.165, 1.54) is 48.9 Å². The van der Waals surface area contributed by atoms with E-state index in [2.05, 4.69) is 105 Å². The quantitative estimate of drug-likeness (QED) is 0.132. The normalized spacial score (nSPS) is 25.5. The van der Waals surface area contributed by atoms with Crippen molar-refractivity contribution in [2.45, 2.75) is 96.3 Å². The molecule has 2 N–H and O–H groups in total. The number of hydrogen-bond donors (Lipinski definition) is 2. The molecule has 1 saturated carbocycles. The van der Waals surface area contributed by atoms with Crippen molar-refractivity contribution < 1.29 is 9.67 Å². The van der Waals surface area contributed by atoms with Crippen LogP contribution in [0.4, 0.5) is 0 Å². The third-order valence-corrected chi connectivity index (χ3v) is 12.1. The largest absolute Gasteiger partial charge is 0.495 e. The van der Waals surface area contributed by atoms with Crippen LogP contribution in [-0.2, 0) is 6.42 Å². The third-order valence-electron chi connectivity index (χ3n) is 10.0. The van der Waals surface area contributed by atoms with Gasteiger partial charge in [-0.2, -0.15) is 4.57 Å². The van der Waals surface area contributed by atoms with Gasteiger partial charge in [-0.1, -0.05) is 95.8 Å². The lowest BCUT2D eigenvalue weighted by Gasteiger charge is -2.35. The van der Waals surface area contributed by atoms with E-state index in [4.69, 9.17) is 4.99 Å². The highest BCUT2D eigenvalue weighted by Gasteiger charge is 2.45. The molecule has 0 amide bonds. The highest BCUT2D eigenvalue weighted by Crippen LogP contribution is 2.47. The van der Waals surface area contributed by atoms with E-state index >= 15 is 0 Å².